The highest BCUT2D eigenvalue weighted by atomic mass is 35.5. The summed E-state index contributed by atoms with van der Waals surface area (Å²) in [5.41, 5.74) is 4.47. The number of aromatic nitrogens is 3. The van der Waals surface area contributed by atoms with Gasteiger partial charge in [0, 0.05) is 35.2 Å². The quantitative estimate of drug-likeness (QED) is 0.396. The molecular formula is C26H26ClN5O3S. The van der Waals surface area contributed by atoms with Gasteiger partial charge in [-0.1, -0.05) is 23.7 Å². The summed E-state index contributed by atoms with van der Waals surface area (Å²) in [7, 11) is -3.67. The molecular weight excluding hydrogens is 498 g/mol. The maximum Gasteiger partial charge on any atom is 0.276 e. The van der Waals surface area contributed by atoms with Crippen LogP contribution in [0.15, 0.2) is 53.4 Å². The molecule has 186 valence electrons. The summed E-state index contributed by atoms with van der Waals surface area (Å²) in [5, 5.41) is 8.01. The van der Waals surface area contributed by atoms with Crippen LogP contribution in [0.1, 0.15) is 40.3 Å². The van der Waals surface area contributed by atoms with Crippen molar-refractivity contribution in [3.63, 3.8) is 0 Å². The first-order valence-electron chi connectivity index (χ1n) is 11.7. The Balaban J connectivity index is 1.68. The Hall–Kier alpha value is -3.27. The Bertz CT molecular complexity index is 1590. The van der Waals surface area contributed by atoms with Crippen molar-refractivity contribution in [2.75, 3.05) is 18.4 Å². The molecule has 2 aromatic heterocycles. The molecule has 1 saturated heterocycles. The van der Waals surface area contributed by atoms with Crippen molar-refractivity contribution in [2.45, 2.75) is 38.5 Å². The fourth-order valence-electron chi connectivity index (χ4n) is 4.57. The van der Waals surface area contributed by atoms with Crippen molar-refractivity contribution in [1.82, 2.24) is 18.9 Å². The van der Waals surface area contributed by atoms with E-state index in [0.29, 0.717) is 46.1 Å². The number of nitrogens with one attached hydrogen (secondary N) is 1. The van der Waals surface area contributed by atoms with Crippen molar-refractivity contribution in [2.24, 2.45) is 0 Å². The number of fused-ring (bicyclic) bond motifs is 1. The zero-order valence-corrected chi connectivity index (χ0v) is 21.8. The molecule has 2 aromatic carbocycles. The molecule has 5 rings (SSSR count). The summed E-state index contributed by atoms with van der Waals surface area (Å²) in [6.07, 6.45) is 1.70. The van der Waals surface area contributed by atoms with Crippen molar-refractivity contribution in [1.29, 1.82) is 0 Å². The summed E-state index contributed by atoms with van der Waals surface area (Å²) in [6, 6.07) is 13.9. The second-order valence-electron chi connectivity index (χ2n) is 9.05. The monoisotopic (exact) mass is 523 g/mol. The molecule has 4 aromatic rings. The number of benzene rings is 2. The van der Waals surface area contributed by atoms with Gasteiger partial charge < -0.3 is 5.32 Å². The predicted molar refractivity (Wildman–Crippen MR) is 140 cm³/mol. The van der Waals surface area contributed by atoms with Crippen LogP contribution in [0.25, 0.3) is 16.8 Å². The van der Waals surface area contributed by atoms with Crippen LogP contribution in [0, 0.1) is 20.8 Å². The molecule has 1 fully saturated rings. The minimum Gasteiger partial charge on any atom is -0.321 e. The van der Waals surface area contributed by atoms with Crippen molar-refractivity contribution in [3.8, 4) is 11.1 Å². The number of aryl methyl sites for hydroxylation is 3. The van der Waals surface area contributed by atoms with Crippen LogP contribution in [-0.4, -0.2) is 46.3 Å². The van der Waals surface area contributed by atoms with Gasteiger partial charge in [-0.2, -0.15) is 9.40 Å². The molecule has 0 saturated carbocycles. The third-order valence-electron chi connectivity index (χ3n) is 6.37. The average molecular weight is 524 g/mol. The van der Waals surface area contributed by atoms with Gasteiger partial charge in [0.1, 0.15) is 0 Å². The van der Waals surface area contributed by atoms with E-state index in [1.54, 1.807) is 47.8 Å². The number of amides is 1. The van der Waals surface area contributed by atoms with Crippen molar-refractivity contribution in [3.05, 3.63) is 76.2 Å². The zero-order valence-electron chi connectivity index (χ0n) is 20.2. The molecule has 10 heteroatoms. The third-order valence-corrected chi connectivity index (χ3v) is 8.66. The molecule has 0 aliphatic carbocycles. The van der Waals surface area contributed by atoms with E-state index in [4.69, 9.17) is 11.6 Å². The highest BCUT2D eigenvalue weighted by molar-refractivity contribution is 7.89. The van der Waals surface area contributed by atoms with Crippen LogP contribution in [0.5, 0.6) is 0 Å². The molecule has 36 heavy (non-hydrogen) atoms. The highest BCUT2D eigenvalue weighted by Crippen LogP contribution is 2.33. The number of nitrogens with zero attached hydrogens (tertiary/aromatic N) is 4. The first kappa shape index (κ1) is 24.4. The van der Waals surface area contributed by atoms with Crippen LogP contribution in [0.4, 0.5) is 5.69 Å². The number of halogens is 1. The predicted octanol–water partition coefficient (Wildman–Crippen LogP) is 5.01. The Morgan fingerprint density at radius 3 is 2.39 bits per heavy atom. The van der Waals surface area contributed by atoms with Crippen molar-refractivity contribution < 1.29 is 13.2 Å². The fraction of sp³-hybridized carbons (Fsp3) is 0.269. The number of rotatable bonds is 5. The summed E-state index contributed by atoms with van der Waals surface area (Å²) in [4.78, 5) is 18.3. The van der Waals surface area contributed by atoms with Crippen LogP contribution < -0.4 is 5.32 Å². The molecule has 1 N–H and O–H groups in total. The van der Waals surface area contributed by atoms with E-state index < -0.39 is 15.9 Å². The van der Waals surface area contributed by atoms with Gasteiger partial charge in [0.15, 0.2) is 11.3 Å². The zero-order chi connectivity index (χ0) is 25.6. The summed E-state index contributed by atoms with van der Waals surface area (Å²) >= 11 is 5.98. The summed E-state index contributed by atoms with van der Waals surface area (Å²) in [6.45, 7) is 6.56. The van der Waals surface area contributed by atoms with Crippen LogP contribution in [0.3, 0.4) is 0 Å². The molecule has 8 nitrogen and oxygen atoms in total. The maximum absolute atomic E-state index is 13.4. The van der Waals surface area contributed by atoms with Gasteiger partial charge in [-0.3, -0.25) is 4.79 Å². The topological polar surface area (TPSA) is 96.7 Å². The molecule has 0 radical (unpaired) electrons. The number of hydrogen-bond donors (Lipinski definition) is 1. The maximum atomic E-state index is 13.4. The standard InChI is InChI=1S/C26H26ClN5O3S/c1-16-6-7-19(15-22(16)36(34,35)31-12-4-5-13-31)23-24(26(33)29-21-10-8-20(27)9-11-21)30-32-18(3)14-17(2)28-25(23)32/h6-11,14-15H,4-5,12-13H2,1-3H3,(H,29,33). The molecule has 0 spiro atoms. The van der Waals surface area contributed by atoms with Gasteiger partial charge in [-0.25, -0.2) is 17.9 Å². The molecule has 0 unspecified atom stereocenters. The van der Waals surface area contributed by atoms with Crippen molar-refractivity contribution >= 4 is 38.9 Å². The van der Waals surface area contributed by atoms with E-state index in [9.17, 15) is 13.2 Å². The largest absolute Gasteiger partial charge is 0.321 e. The van der Waals surface area contributed by atoms with Gasteiger partial charge in [0.05, 0.1) is 10.5 Å². The SMILES string of the molecule is Cc1cc(C)n2nc(C(=O)Nc3ccc(Cl)cc3)c(-c3ccc(C)c(S(=O)(=O)N4CCCC4)c3)c2n1. The first-order chi connectivity index (χ1) is 17.1. The highest BCUT2D eigenvalue weighted by Gasteiger charge is 2.30. The van der Waals surface area contributed by atoms with Gasteiger partial charge in [0.25, 0.3) is 5.91 Å². The number of carbonyl (C=O) groups is 1. The van der Waals surface area contributed by atoms with Gasteiger partial charge in [-0.05, 0) is 81.1 Å². The number of anilines is 1. The Kier molecular flexibility index (Phi) is 6.32. The van der Waals surface area contributed by atoms with E-state index in [1.807, 2.05) is 26.0 Å². The first-order valence-corrected chi connectivity index (χ1v) is 13.5. The Morgan fingerprint density at radius 2 is 1.69 bits per heavy atom. The lowest BCUT2D eigenvalue weighted by molar-refractivity contribution is 0.102. The normalized spacial score (nSPS) is 14.4. The minimum absolute atomic E-state index is 0.152. The van der Waals surface area contributed by atoms with Crippen LogP contribution in [0.2, 0.25) is 5.02 Å². The lowest BCUT2D eigenvalue weighted by Crippen LogP contribution is -2.28. The van der Waals surface area contributed by atoms with E-state index in [0.717, 1.165) is 24.2 Å². The number of carbonyl (C=O) groups excluding carboxylic acids is 1. The third kappa shape index (κ3) is 4.38. The van der Waals surface area contributed by atoms with Gasteiger partial charge in [-0.15, -0.1) is 0 Å². The van der Waals surface area contributed by atoms with E-state index in [2.05, 4.69) is 15.4 Å². The fourth-order valence-corrected chi connectivity index (χ4v) is 6.46. The molecule has 0 bridgehead atoms. The van der Waals surface area contributed by atoms with E-state index in [1.165, 1.54) is 4.31 Å². The lowest BCUT2D eigenvalue weighted by atomic mass is 10.0. The molecule has 1 aliphatic rings. The average Bonchev–Trinajstić information content (AvgIpc) is 3.50. The number of hydrogen-bond acceptors (Lipinski definition) is 5. The molecule has 1 aliphatic heterocycles. The minimum atomic E-state index is -3.67. The van der Waals surface area contributed by atoms with Gasteiger partial charge >= 0.3 is 0 Å². The molecule has 3 heterocycles. The molecule has 1 amide bonds. The lowest BCUT2D eigenvalue weighted by Gasteiger charge is -2.18. The molecule has 0 atom stereocenters. The second-order valence-corrected chi connectivity index (χ2v) is 11.4. The number of sulfonamides is 1. The smallest absolute Gasteiger partial charge is 0.276 e. The Morgan fingerprint density at radius 1 is 1.00 bits per heavy atom. The Labute approximate surface area is 215 Å². The van der Waals surface area contributed by atoms with Crippen LogP contribution in [-0.2, 0) is 10.0 Å². The second kappa shape index (κ2) is 9.31. The van der Waals surface area contributed by atoms with E-state index in [-0.39, 0.29) is 10.6 Å². The van der Waals surface area contributed by atoms with E-state index >= 15 is 0 Å². The summed E-state index contributed by atoms with van der Waals surface area (Å²) < 4.78 is 30.0. The van der Waals surface area contributed by atoms with Gasteiger partial charge in [0.2, 0.25) is 10.0 Å². The summed E-state index contributed by atoms with van der Waals surface area (Å²) in [5.74, 6) is -0.431. The van der Waals surface area contributed by atoms with Crippen LogP contribution >= 0.6 is 11.6 Å².